The van der Waals surface area contributed by atoms with Crippen LogP contribution in [-0.2, 0) is 15.8 Å². The minimum Gasteiger partial charge on any atom is -0.369 e. The van der Waals surface area contributed by atoms with Gasteiger partial charge in [0.05, 0.1) is 5.75 Å². The van der Waals surface area contributed by atoms with Gasteiger partial charge in [0.2, 0.25) is 10.0 Å². The molecular weight excluding hydrogens is 357 g/mol. The van der Waals surface area contributed by atoms with Crippen molar-refractivity contribution in [2.45, 2.75) is 5.75 Å². The summed E-state index contributed by atoms with van der Waals surface area (Å²) in [5, 5.41) is 3.03. The molecule has 0 saturated carbocycles. The van der Waals surface area contributed by atoms with E-state index in [-0.39, 0.29) is 12.1 Å². The molecule has 0 aliphatic heterocycles. The summed E-state index contributed by atoms with van der Waals surface area (Å²) in [4.78, 5) is 8.27. The van der Waals surface area contributed by atoms with E-state index in [1.54, 1.807) is 12.1 Å². The lowest BCUT2D eigenvalue weighted by atomic mass is 10.2. The Morgan fingerprint density at radius 2 is 1.81 bits per heavy atom. The van der Waals surface area contributed by atoms with E-state index in [2.05, 4.69) is 20.0 Å². The predicted molar refractivity (Wildman–Crippen MR) is 96.9 cm³/mol. The van der Waals surface area contributed by atoms with E-state index in [1.165, 1.54) is 24.5 Å². The minimum atomic E-state index is -3.62. The number of nitrogens with one attached hydrogen (secondary N) is 2. The van der Waals surface area contributed by atoms with Crippen molar-refractivity contribution in [3.05, 3.63) is 72.6 Å². The minimum absolute atomic E-state index is 0.139. The Labute approximate surface area is 151 Å². The molecule has 0 bridgehead atoms. The van der Waals surface area contributed by atoms with Crippen LogP contribution in [0.2, 0.25) is 0 Å². The van der Waals surface area contributed by atoms with E-state index < -0.39 is 21.6 Å². The summed E-state index contributed by atoms with van der Waals surface area (Å²) in [7, 11) is -3.62. The van der Waals surface area contributed by atoms with Crippen LogP contribution in [-0.4, -0.2) is 36.0 Å². The maximum absolute atomic E-state index is 13.6. The van der Waals surface area contributed by atoms with Crippen molar-refractivity contribution in [3.63, 3.8) is 0 Å². The normalized spacial score (nSPS) is 11.4. The average molecular weight is 375 g/mol. The van der Waals surface area contributed by atoms with Crippen molar-refractivity contribution in [1.29, 1.82) is 0 Å². The molecule has 26 heavy (non-hydrogen) atoms. The standard InChI is InChI=1S/C17H18FN5O2S/c18-15-6-2-1-5-14(15)12-26(24,25)22-8-7-19-16-11-17(21-13-20-16)23-9-3-4-10-23/h1-6,9-11,13,22H,7-8,12H2,(H,19,20,21). The Kier molecular flexibility index (Phi) is 5.59. The summed E-state index contributed by atoms with van der Waals surface area (Å²) in [6, 6.07) is 11.4. The van der Waals surface area contributed by atoms with Crippen molar-refractivity contribution >= 4 is 15.8 Å². The quantitative estimate of drug-likeness (QED) is 0.588. The number of anilines is 1. The molecule has 9 heteroatoms. The van der Waals surface area contributed by atoms with Gasteiger partial charge in [-0.3, -0.25) is 0 Å². The highest BCUT2D eigenvalue weighted by Gasteiger charge is 2.13. The van der Waals surface area contributed by atoms with Crippen LogP contribution >= 0.6 is 0 Å². The molecule has 0 unspecified atom stereocenters. The molecule has 136 valence electrons. The van der Waals surface area contributed by atoms with Crippen LogP contribution in [0, 0.1) is 5.82 Å². The molecule has 0 spiro atoms. The van der Waals surface area contributed by atoms with Crippen LogP contribution < -0.4 is 10.0 Å². The van der Waals surface area contributed by atoms with Gasteiger partial charge in [-0.05, 0) is 18.2 Å². The second kappa shape index (κ2) is 8.07. The summed E-state index contributed by atoms with van der Waals surface area (Å²) >= 11 is 0. The maximum Gasteiger partial charge on any atom is 0.215 e. The highest BCUT2D eigenvalue weighted by atomic mass is 32.2. The fourth-order valence-corrected chi connectivity index (χ4v) is 3.50. The Bertz CT molecular complexity index is 961. The van der Waals surface area contributed by atoms with Gasteiger partial charge in [0.25, 0.3) is 0 Å². The molecule has 0 saturated heterocycles. The van der Waals surface area contributed by atoms with Gasteiger partial charge < -0.3 is 9.88 Å². The monoisotopic (exact) mass is 375 g/mol. The number of halogens is 1. The van der Waals surface area contributed by atoms with Crippen LogP contribution in [0.1, 0.15) is 5.56 Å². The van der Waals surface area contributed by atoms with Crippen molar-refractivity contribution in [3.8, 4) is 5.82 Å². The van der Waals surface area contributed by atoms with Gasteiger partial charge in [-0.25, -0.2) is 27.5 Å². The maximum atomic E-state index is 13.6. The third kappa shape index (κ3) is 4.87. The van der Waals surface area contributed by atoms with E-state index in [9.17, 15) is 12.8 Å². The number of rotatable bonds is 8. The van der Waals surface area contributed by atoms with Gasteiger partial charge in [0, 0.05) is 37.1 Å². The first-order valence-corrected chi connectivity index (χ1v) is 9.59. The van der Waals surface area contributed by atoms with Crippen LogP contribution in [0.15, 0.2) is 61.2 Å². The number of hydrogen-bond acceptors (Lipinski definition) is 5. The molecule has 7 nitrogen and oxygen atoms in total. The highest BCUT2D eigenvalue weighted by Crippen LogP contribution is 2.10. The molecular formula is C17H18FN5O2S. The lowest BCUT2D eigenvalue weighted by molar-refractivity contribution is 0.575. The molecule has 3 rings (SSSR count). The Morgan fingerprint density at radius 3 is 2.58 bits per heavy atom. The third-order valence-electron chi connectivity index (χ3n) is 3.58. The predicted octanol–water partition coefficient (Wildman–Crippen LogP) is 1.94. The van der Waals surface area contributed by atoms with Gasteiger partial charge >= 0.3 is 0 Å². The van der Waals surface area contributed by atoms with Crippen molar-refractivity contribution < 1.29 is 12.8 Å². The SMILES string of the molecule is O=S(=O)(Cc1ccccc1F)NCCNc1cc(-n2cccc2)ncn1. The molecule has 0 fully saturated rings. The molecule has 2 N–H and O–H groups in total. The van der Waals surface area contributed by atoms with E-state index in [1.807, 2.05) is 29.1 Å². The van der Waals surface area contributed by atoms with Crippen LogP contribution in [0.4, 0.5) is 10.2 Å². The number of sulfonamides is 1. The smallest absolute Gasteiger partial charge is 0.215 e. The van der Waals surface area contributed by atoms with Gasteiger partial charge in [-0.1, -0.05) is 18.2 Å². The summed E-state index contributed by atoms with van der Waals surface area (Å²) in [6.45, 7) is 0.484. The van der Waals surface area contributed by atoms with Gasteiger partial charge in [-0.15, -0.1) is 0 Å². The molecule has 0 aliphatic carbocycles. The van der Waals surface area contributed by atoms with Gasteiger partial charge in [-0.2, -0.15) is 0 Å². The average Bonchev–Trinajstić information content (AvgIpc) is 3.16. The van der Waals surface area contributed by atoms with Gasteiger partial charge in [0.15, 0.2) is 0 Å². The van der Waals surface area contributed by atoms with Crippen molar-refractivity contribution in [2.24, 2.45) is 0 Å². The second-order valence-corrected chi connectivity index (χ2v) is 7.33. The lowest BCUT2D eigenvalue weighted by Gasteiger charge is -2.09. The Hall–Kier alpha value is -2.78. The number of aromatic nitrogens is 3. The van der Waals surface area contributed by atoms with E-state index in [0.717, 1.165) is 0 Å². The zero-order valence-corrected chi connectivity index (χ0v) is 14.7. The summed E-state index contributed by atoms with van der Waals surface area (Å²) in [5.41, 5.74) is 0.139. The highest BCUT2D eigenvalue weighted by molar-refractivity contribution is 7.88. The number of hydrogen-bond donors (Lipinski definition) is 2. The molecule has 0 aliphatic rings. The summed E-state index contributed by atoms with van der Waals surface area (Å²) in [6.07, 6.45) is 5.16. The number of nitrogens with zero attached hydrogens (tertiary/aromatic N) is 3. The zero-order chi connectivity index (χ0) is 18.4. The summed E-state index contributed by atoms with van der Waals surface area (Å²) < 4.78 is 41.9. The first-order valence-electron chi connectivity index (χ1n) is 7.93. The molecule has 0 amide bonds. The molecule has 2 heterocycles. The number of benzene rings is 1. The van der Waals surface area contributed by atoms with E-state index in [0.29, 0.717) is 18.2 Å². The van der Waals surface area contributed by atoms with Crippen molar-refractivity contribution in [2.75, 3.05) is 18.4 Å². The second-order valence-electron chi connectivity index (χ2n) is 5.52. The van der Waals surface area contributed by atoms with E-state index in [4.69, 9.17) is 0 Å². The Morgan fingerprint density at radius 1 is 1.04 bits per heavy atom. The summed E-state index contributed by atoms with van der Waals surface area (Å²) in [5.74, 6) is 0.351. The fraction of sp³-hybridized carbons (Fsp3) is 0.176. The largest absolute Gasteiger partial charge is 0.369 e. The molecule has 3 aromatic rings. The topological polar surface area (TPSA) is 88.9 Å². The molecule has 0 radical (unpaired) electrons. The Balaban J connectivity index is 1.51. The zero-order valence-electron chi connectivity index (χ0n) is 13.8. The fourth-order valence-electron chi connectivity index (χ4n) is 2.34. The lowest BCUT2D eigenvalue weighted by Crippen LogP contribution is -2.30. The molecule has 0 atom stereocenters. The van der Waals surface area contributed by atoms with Crippen molar-refractivity contribution in [1.82, 2.24) is 19.3 Å². The third-order valence-corrected chi connectivity index (χ3v) is 4.91. The van der Waals surface area contributed by atoms with Crippen LogP contribution in [0.3, 0.4) is 0 Å². The van der Waals surface area contributed by atoms with Crippen LogP contribution in [0.5, 0.6) is 0 Å². The van der Waals surface area contributed by atoms with E-state index >= 15 is 0 Å². The first-order chi connectivity index (χ1) is 12.5. The van der Waals surface area contributed by atoms with Gasteiger partial charge in [0.1, 0.15) is 23.8 Å². The molecule has 1 aromatic carbocycles. The molecule has 2 aromatic heterocycles. The van der Waals surface area contributed by atoms with Crippen LogP contribution in [0.25, 0.3) is 5.82 Å². The first kappa shape index (κ1) is 18.0.